The molecule has 1 unspecified atom stereocenters. The Hall–Kier alpha value is -3.91. The lowest BCUT2D eigenvalue weighted by Gasteiger charge is -2.40. The van der Waals surface area contributed by atoms with Crippen LogP contribution in [0.3, 0.4) is 0 Å². The van der Waals surface area contributed by atoms with Gasteiger partial charge in [-0.05, 0) is 80.5 Å². The molecule has 2 fully saturated rings. The Kier molecular flexibility index (Phi) is 11.8. The summed E-state index contributed by atoms with van der Waals surface area (Å²) >= 11 is 0. The van der Waals surface area contributed by atoms with E-state index in [1.54, 1.807) is 48.5 Å². The van der Waals surface area contributed by atoms with Gasteiger partial charge in [-0.25, -0.2) is 22.0 Å². The molecule has 13 heteroatoms. The van der Waals surface area contributed by atoms with Gasteiger partial charge in [-0.1, -0.05) is 36.4 Å². The third-order valence-corrected chi connectivity index (χ3v) is 11.2. The average Bonchev–Trinajstić information content (AvgIpc) is 3.09. The van der Waals surface area contributed by atoms with Crippen molar-refractivity contribution in [3.63, 3.8) is 0 Å². The maximum atomic E-state index is 15.5. The number of methoxy groups -OCH3 is 1. The lowest BCUT2D eigenvalue weighted by atomic mass is 9.76. The molecule has 5 rings (SSSR count). The fourth-order valence-electron chi connectivity index (χ4n) is 6.83. The number of ether oxygens (including phenoxy) is 2. The molecule has 258 valence electrons. The van der Waals surface area contributed by atoms with Crippen LogP contribution in [-0.2, 0) is 30.7 Å². The zero-order chi connectivity index (χ0) is 34.3. The molecule has 2 aliphatic rings. The molecule has 48 heavy (non-hydrogen) atoms. The fourth-order valence-corrected chi connectivity index (χ4v) is 8.69. The molecule has 3 aromatic carbocycles. The second-order valence-electron chi connectivity index (χ2n) is 12.2. The molecule has 0 aliphatic carbocycles. The minimum atomic E-state index is -3.83. The maximum absolute atomic E-state index is 15.5. The smallest absolute Gasteiger partial charge is 0.407 e. The standard InChI is InChI=1S/C35H42F2N4O6S/c1-23-21-38-22-27(41(23)48(44,45)28-7-4-3-5-8-28)15-16-29-30(37)9-6-10-31(29)39-34(42)33(40-35(43)46-2)32(25-17-19-47-20-18-25)24-11-13-26(36)14-12-24/h3-14,23,25,27,32-33,38H,15-22H2,1-2H3,(H,39,42)(H,40,43)/t23-,27+,32?,33+/m1/s1. The van der Waals surface area contributed by atoms with Gasteiger partial charge < -0.3 is 25.4 Å². The number of hydrogen-bond donors (Lipinski definition) is 3. The highest BCUT2D eigenvalue weighted by atomic mass is 32.2. The molecule has 2 amide bonds. The predicted molar refractivity (Wildman–Crippen MR) is 177 cm³/mol. The zero-order valence-corrected chi connectivity index (χ0v) is 27.8. The topological polar surface area (TPSA) is 126 Å². The molecule has 4 atom stereocenters. The van der Waals surface area contributed by atoms with E-state index in [-0.39, 0.29) is 40.9 Å². The van der Waals surface area contributed by atoms with Crippen molar-refractivity contribution in [3.8, 4) is 0 Å². The zero-order valence-electron chi connectivity index (χ0n) is 27.0. The van der Waals surface area contributed by atoms with Crippen LogP contribution in [0.25, 0.3) is 0 Å². The van der Waals surface area contributed by atoms with Crippen LogP contribution in [0.2, 0.25) is 0 Å². The number of carbonyl (C=O) groups is 2. The van der Waals surface area contributed by atoms with Gasteiger partial charge in [0.25, 0.3) is 0 Å². The van der Waals surface area contributed by atoms with E-state index in [9.17, 15) is 22.4 Å². The number of amides is 2. The SMILES string of the molecule is COC(=O)N[C@H](C(=O)Nc1cccc(F)c1CC[C@H]1CNC[C@@H](C)N1S(=O)(=O)c1ccccc1)C(c1ccc(F)cc1)C1CCOCC1. The molecule has 3 aromatic rings. The van der Waals surface area contributed by atoms with Gasteiger partial charge in [0.2, 0.25) is 15.9 Å². The lowest BCUT2D eigenvalue weighted by molar-refractivity contribution is -0.119. The van der Waals surface area contributed by atoms with Crippen molar-refractivity contribution in [2.24, 2.45) is 5.92 Å². The van der Waals surface area contributed by atoms with Gasteiger partial charge in [0, 0.05) is 55.6 Å². The Balaban J connectivity index is 1.42. The summed E-state index contributed by atoms with van der Waals surface area (Å²) in [6.45, 7) is 3.62. The van der Waals surface area contributed by atoms with E-state index in [0.29, 0.717) is 44.7 Å². The number of piperazine rings is 1. The number of benzene rings is 3. The molecule has 0 spiro atoms. The third kappa shape index (κ3) is 8.20. The second-order valence-corrected chi connectivity index (χ2v) is 14.1. The molecule has 2 heterocycles. The van der Waals surface area contributed by atoms with Crippen molar-refractivity contribution in [2.75, 3.05) is 38.7 Å². The Morgan fingerprint density at radius 1 is 1.00 bits per heavy atom. The van der Waals surface area contributed by atoms with Crippen molar-refractivity contribution in [3.05, 3.63) is 95.6 Å². The van der Waals surface area contributed by atoms with Crippen molar-refractivity contribution < 1.29 is 36.3 Å². The summed E-state index contributed by atoms with van der Waals surface area (Å²) in [5.41, 5.74) is 1.07. The first-order valence-corrected chi connectivity index (χ1v) is 17.6. The van der Waals surface area contributed by atoms with E-state index in [0.717, 1.165) is 0 Å². The fraction of sp³-hybridized carbons (Fsp3) is 0.429. The van der Waals surface area contributed by atoms with Gasteiger partial charge in [-0.15, -0.1) is 0 Å². The normalized spacial score (nSPS) is 20.4. The van der Waals surface area contributed by atoms with E-state index >= 15 is 4.39 Å². The number of alkyl carbamates (subject to hydrolysis) is 1. The van der Waals surface area contributed by atoms with Gasteiger partial charge in [-0.2, -0.15) is 4.31 Å². The average molecular weight is 685 g/mol. The van der Waals surface area contributed by atoms with E-state index < -0.39 is 51.7 Å². The van der Waals surface area contributed by atoms with Crippen LogP contribution in [0.15, 0.2) is 77.7 Å². The molecule has 10 nitrogen and oxygen atoms in total. The van der Waals surface area contributed by atoms with Gasteiger partial charge in [0.15, 0.2) is 0 Å². The number of carbonyl (C=O) groups excluding carboxylic acids is 2. The van der Waals surface area contributed by atoms with Crippen LogP contribution in [0, 0.1) is 17.6 Å². The molecule has 0 bridgehead atoms. The number of anilines is 1. The predicted octanol–water partition coefficient (Wildman–Crippen LogP) is 4.82. The summed E-state index contributed by atoms with van der Waals surface area (Å²) in [7, 11) is -2.64. The van der Waals surface area contributed by atoms with Crippen LogP contribution < -0.4 is 16.0 Å². The van der Waals surface area contributed by atoms with E-state index in [2.05, 4.69) is 16.0 Å². The highest BCUT2D eigenvalue weighted by Gasteiger charge is 2.39. The first-order chi connectivity index (χ1) is 23.1. The first-order valence-electron chi connectivity index (χ1n) is 16.2. The van der Waals surface area contributed by atoms with Gasteiger partial charge in [0.1, 0.15) is 17.7 Å². The number of hydrogen-bond acceptors (Lipinski definition) is 7. The van der Waals surface area contributed by atoms with Crippen molar-refractivity contribution >= 4 is 27.7 Å². The van der Waals surface area contributed by atoms with Crippen molar-refractivity contribution in [1.82, 2.24) is 14.9 Å². The van der Waals surface area contributed by atoms with Crippen LogP contribution >= 0.6 is 0 Å². The number of sulfonamides is 1. The third-order valence-electron chi connectivity index (χ3n) is 9.17. The summed E-state index contributed by atoms with van der Waals surface area (Å²) in [6, 6.07) is 16.4. The molecule has 3 N–H and O–H groups in total. The Labute approximate surface area is 280 Å². The van der Waals surface area contributed by atoms with Crippen LogP contribution in [0.5, 0.6) is 0 Å². The van der Waals surface area contributed by atoms with E-state index in [4.69, 9.17) is 9.47 Å². The number of halogens is 2. The molecule has 0 saturated carbocycles. The molecule has 2 saturated heterocycles. The number of nitrogens with zero attached hydrogens (tertiary/aromatic N) is 1. The van der Waals surface area contributed by atoms with Crippen LogP contribution in [0.1, 0.15) is 43.2 Å². The molecule has 2 aliphatic heterocycles. The summed E-state index contributed by atoms with van der Waals surface area (Å²) in [5, 5.41) is 8.80. The number of nitrogens with one attached hydrogen (secondary N) is 3. The Morgan fingerprint density at radius 3 is 2.40 bits per heavy atom. The Morgan fingerprint density at radius 2 is 1.71 bits per heavy atom. The maximum Gasteiger partial charge on any atom is 0.407 e. The van der Waals surface area contributed by atoms with Crippen molar-refractivity contribution in [1.29, 1.82) is 0 Å². The van der Waals surface area contributed by atoms with E-state index in [1.165, 1.54) is 35.7 Å². The van der Waals surface area contributed by atoms with Gasteiger partial charge in [-0.3, -0.25) is 4.79 Å². The molecular formula is C35H42F2N4O6S. The van der Waals surface area contributed by atoms with Gasteiger partial charge >= 0.3 is 6.09 Å². The monoisotopic (exact) mass is 684 g/mol. The summed E-state index contributed by atoms with van der Waals surface area (Å²) in [6.07, 6.45) is 0.787. The molecule has 0 aromatic heterocycles. The highest BCUT2D eigenvalue weighted by Crippen LogP contribution is 2.36. The van der Waals surface area contributed by atoms with E-state index in [1.807, 2.05) is 6.92 Å². The molecule has 0 radical (unpaired) electrons. The number of rotatable bonds is 11. The second kappa shape index (κ2) is 16.0. The minimum absolute atomic E-state index is 0.0950. The van der Waals surface area contributed by atoms with Gasteiger partial charge in [0.05, 0.1) is 12.0 Å². The Bertz CT molecular complexity index is 1660. The summed E-state index contributed by atoms with van der Waals surface area (Å²) < 4.78 is 68.8. The first kappa shape index (κ1) is 35.4. The highest BCUT2D eigenvalue weighted by molar-refractivity contribution is 7.89. The summed E-state index contributed by atoms with van der Waals surface area (Å²) in [4.78, 5) is 26.9. The van der Waals surface area contributed by atoms with Crippen molar-refractivity contribution in [2.45, 2.75) is 61.5 Å². The largest absolute Gasteiger partial charge is 0.453 e. The molecular weight excluding hydrogens is 642 g/mol. The quantitative estimate of drug-likeness (QED) is 0.265. The van der Waals surface area contributed by atoms with Crippen LogP contribution in [0.4, 0.5) is 19.3 Å². The minimum Gasteiger partial charge on any atom is -0.453 e. The van der Waals surface area contributed by atoms with Crippen LogP contribution in [-0.4, -0.2) is 76.3 Å². The summed E-state index contributed by atoms with van der Waals surface area (Å²) in [5.74, 6) is -2.26. The lowest BCUT2D eigenvalue weighted by Crippen LogP contribution is -2.58.